The van der Waals surface area contributed by atoms with Crippen LogP contribution in [0.15, 0.2) is 36.5 Å². The molecule has 2 aromatic rings. The van der Waals surface area contributed by atoms with Crippen LogP contribution in [-0.4, -0.2) is 67.7 Å². The Morgan fingerprint density at radius 2 is 2.00 bits per heavy atom. The molecule has 5 unspecified atom stereocenters. The summed E-state index contributed by atoms with van der Waals surface area (Å²) in [5.41, 5.74) is 1.87. The quantitative estimate of drug-likeness (QED) is 0.381. The van der Waals surface area contributed by atoms with Gasteiger partial charge in [0.15, 0.2) is 0 Å². The monoisotopic (exact) mass is 556 g/mol. The number of hydrogen-bond donors (Lipinski definition) is 1. The van der Waals surface area contributed by atoms with Crippen molar-refractivity contribution in [1.29, 1.82) is 5.26 Å². The highest BCUT2D eigenvalue weighted by Gasteiger charge is 2.41. The second-order valence-electron chi connectivity index (χ2n) is 10.4. The Morgan fingerprint density at radius 1 is 1.23 bits per heavy atom. The van der Waals surface area contributed by atoms with Gasteiger partial charge in [0.2, 0.25) is 5.88 Å². The van der Waals surface area contributed by atoms with Gasteiger partial charge in [-0.1, -0.05) is 25.4 Å². The summed E-state index contributed by atoms with van der Waals surface area (Å²) in [6.07, 6.45) is 3.62. The van der Waals surface area contributed by atoms with Crippen molar-refractivity contribution in [1.82, 2.24) is 4.98 Å². The van der Waals surface area contributed by atoms with E-state index in [1.165, 1.54) is 0 Å². The zero-order valence-corrected chi connectivity index (χ0v) is 23.5. The lowest BCUT2D eigenvalue weighted by Crippen LogP contribution is -2.44. The lowest BCUT2D eigenvalue weighted by molar-refractivity contribution is -0.137. The summed E-state index contributed by atoms with van der Waals surface area (Å²) in [6.45, 7) is 6.94. The number of hydrogen-bond acceptors (Lipinski definition) is 8. The first-order chi connectivity index (χ1) is 18.8. The molecule has 1 aromatic carbocycles. The van der Waals surface area contributed by atoms with Crippen LogP contribution in [0.1, 0.15) is 39.5 Å². The number of piperidine rings is 1. The van der Waals surface area contributed by atoms with Gasteiger partial charge in [0.1, 0.15) is 11.9 Å². The van der Waals surface area contributed by atoms with Crippen molar-refractivity contribution in [2.75, 3.05) is 43.2 Å². The molecule has 4 rings (SSSR count). The molecule has 2 fully saturated rings. The van der Waals surface area contributed by atoms with Gasteiger partial charge in [-0.3, -0.25) is 4.79 Å². The number of unbranched alkanes of at least 4 members (excludes halogenated alkanes) is 1. The number of carboxylic acid groups (broad SMARTS) is 1. The van der Waals surface area contributed by atoms with Crippen molar-refractivity contribution in [3.8, 4) is 17.7 Å². The highest BCUT2D eigenvalue weighted by molar-refractivity contribution is 6.33. The first-order valence-corrected chi connectivity index (χ1v) is 13.9. The van der Waals surface area contributed by atoms with Crippen LogP contribution in [0.2, 0.25) is 5.02 Å². The third-order valence-electron chi connectivity index (χ3n) is 7.76. The first kappa shape index (κ1) is 28.8. The number of pyridine rings is 1. The highest BCUT2D eigenvalue weighted by atomic mass is 35.5. The minimum Gasteiger partial charge on any atom is -0.490 e. The fourth-order valence-corrected chi connectivity index (χ4v) is 5.78. The predicted molar refractivity (Wildman–Crippen MR) is 150 cm³/mol. The van der Waals surface area contributed by atoms with E-state index in [1.807, 2.05) is 37.3 Å². The minimum atomic E-state index is -0.825. The van der Waals surface area contributed by atoms with Crippen molar-refractivity contribution in [3.63, 3.8) is 0 Å². The standard InChI is InChI=1S/C29H37ClN4O5/c1-19-17-33(25-14-28(37-3)32-16-23(25)30)12-10-26(19)39-22-8-6-21(7-9-22)34-18-27(38-13-5-4-11-31)20(2)24(34)15-29(35)36/h6-9,14,16,19-20,24,26-27H,4-5,10,12-13,15,17-18H2,1-3H3,(H,35,36). The second-order valence-corrected chi connectivity index (χ2v) is 10.8. The summed E-state index contributed by atoms with van der Waals surface area (Å²) < 4.78 is 17.7. The Hall–Kier alpha value is -3.22. The average Bonchev–Trinajstić information content (AvgIpc) is 3.22. The molecule has 0 spiro atoms. The van der Waals surface area contributed by atoms with Crippen LogP contribution in [0.25, 0.3) is 0 Å². The number of anilines is 2. The van der Waals surface area contributed by atoms with Gasteiger partial charge in [-0.05, 0) is 30.7 Å². The number of carbonyl (C=O) groups is 1. The molecule has 10 heteroatoms. The fourth-order valence-electron chi connectivity index (χ4n) is 5.56. The zero-order valence-electron chi connectivity index (χ0n) is 22.8. The number of carboxylic acids is 1. The molecule has 5 atom stereocenters. The maximum atomic E-state index is 11.6. The summed E-state index contributed by atoms with van der Waals surface area (Å²) in [5, 5.41) is 18.9. The molecule has 39 heavy (non-hydrogen) atoms. The summed E-state index contributed by atoms with van der Waals surface area (Å²) in [7, 11) is 1.59. The average molecular weight is 557 g/mol. The zero-order chi connectivity index (χ0) is 27.9. The van der Waals surface area contributed by atoms with Crippen LogP contribution in [-0.2, 0) is 9.53 Å². The number of halogens is 1. The second kappa shape index (κ2) is 13.2. The Morgan fingerprint density at radius 3 is 2.67 bits per heavy atom. The number of aromatic nitrogens is 1. The van der Waals surface area contributed by atoms with Crippen LogP contribution < -0.4 is 19.3 Å². The summed E-state index contributed by atoms with van der Waals surface area (Å²) in [6, 6.07) is 11.8. The molecule has 0 amide bonds. The number of aliphatic carboxylic acids is 1. The molecular weight excluding hydrogens is 520 g/mol. The van der Waals surface area contributed by atoms with Gasteiger partial charge in [0.05, 0.1) is 42.6 Å². The number of methoxy groups -OCH3 is 1. The van der Waals surface area contributed by atoms with Crippen LogP contribution in [0.5, 0.6) is 11.6 Å². The van der Waals surface area contributed by atoms with E-state index in [-0.39, 0.29) is 36.5 Å². The van der Waals surface area contributed by atoms with E-state index < -0.39 is 5.97 Å². The van der Waals surface area contributed by atoms with Gasteiger partial charge in [-0.25, -0.2) is 4.98 Å². The predicted octanol–water partition coefficient (Wildman–Crippen LogP) is 5.03. The van der Waals surface area contributed by atoms with Crippen LogP contribution in [0.4, 0.5) is 11.4 Å². The topological polar surface area (TPSA) is 108 Å². The molecule has 1 N–H and O–H groups in total. The third kappa shape index (κ3) is 7.06. The lowest BCUT2D eigenvalue weighted by atomic mass is 9.96. The molecule has 0 radical (unpaired) electrons. The molecule has 1 aromatic heterocycles. The van der Waals surface area contributed by atoms with Crippen molar-refractivity contribution in [2.45, 2.75) is 57.8 Å². The van der Waals surface area contributed by atoms with Gasteiger partial charge < -0.3 is 29.1 Å². The molecule has 2 aliphatic rings. The van der Waals surface area contributed by atoms with Gasteiger partial charge >= 0.3 is 5.97 Å². The number of nitriles is 1. The number of benzene rings is 1. The van der Waals surface area contributed by atoms with Crippen molar-refractivity contribution in [2.24, 2.45) is 11.8 Å². The normalized spacial score (nSPS) is 24.8. The summed E-state index contributed by atoms with van der Waals surface area (Å²) in [4.78, 5) is 20.2. The Kier molecular flexibility index (Phi) is 9.76. The minimum absolute atomic E-state index is 0.0426. The van der Waals surface area contributed by atoms with E-state index in [1.54, 1.807) is 13.3 Å². The largest absolute Gasteiger partial charge is 0.490 e. The molecule has 0 saturated carbocycles. The molecular formula is C29H37ClN4O5. The maximum Gasteiger partial charge on any atom is 0.305 e. The Labute approximate surface area is 235 Å². The Balaban J connectivity index is 1.38. The molecule has 9 nitrogen and oxygen atoms in total. The summed E-state index contributed by atoms with van der Waals surface area (Å²) in [5.74, 6) is 0.828. The van der Waals surface area contributed by atoms with Gasteiger partial charge in [0.25, 0.3) is 0 Å². The third-order valence-corrected chi connectivity index (χ3v) is 8.05. The van der Waals surface area contributed by atoms with E-state index in [2.05, 4.69) is 27.8 Å². The van der Waals surface area contributed by atoms with Gasteiger partial charge in [-0.15, -0.1) is 0 Å². The lowest BCUT2D eigenvalue weighted by Gasteiger charge is -2.38. The van der Waals surface area contributed by atoms with Crippen LogP contribution >= 0.6 is 11.6 Å². The molecule has 2 saturated heterocycles. The smallest absolute Gasteiger partial charge is 0.305 e. The molecule has 3 heterocycles. The molecule has 0 aliphatic carbocycles. The number of rotatable bonds is 11. The van der Waals surface area contributed by atoms with E-state index in [0.717, 1.165) is 36.6 Å². The van der Waals surface area contributed by atoms with Gasteiger partial charge in [0, 0.05) is 68.7 Å². The summed E-state index contributed by atoms with van der Waals surface area (Å²) >= 11 is 6.42. The highest BCUT2D eigenvalue weighted by Crippen LogP contribution is 2.36. The van der Waals surface area contributed by atoms with Crippen LogP contribution in [0.3, 0.4) is 0 Å². The maximum absolute atomic E-state index is 11.6. The molecule has 2 aliphatic heterocycles. The van der Waals surface area contributed by atoms with Crippen LogP contribution in [0, 0.1) is 23.2 Å². The fraction of sp³-hybridized carbons (Fsp3) is 0.552. The first-order valence-electron chi connectivity index (χ1n) is 13.5. The van der Waals surface area contributed by atoms with E-state index in [4.69, 9.17) is 31.1 Å². The van der Waals surface area contributed by atoms with Gasteiger partial charge in [-0.2, -0.15) is 5.26 Å². The number of ether oxygens (including phenoxy) is 3. The Bertz CT molecular complexity index is 1160. The molecule has 0 bridgehead atoms. The van der Waals surface area contributed by atoms with Crippen molar-refractivity contribution < 1.29 is 24.1 Å². The van der Waals surface area contributed by atoms with E-state index >= 15 is 0 Å². The number of nitrogens with zero attached hydrogens (tertiary/aromatic N) is 4. The van der Waals surface area contributed by atoms with E-state index in [0.29, 0.717) is 36.9 Å². The SMILES string of the molecule is COc1cc(N2CCC(Oc3ccc(N4CC(OCCCC#N)C(C)C4CC(=O)O)cc3)C(C)C2)c(Cl)cn1. The van der Waals surface area contributed by atoms with Crippen molar-refractivity contribution >= 4 is 28.9 Å². The van der Waals surface area contributed by atoms with Crippen molar-refractivity contribution in [3.05, 3.63) is 41.6 Å². The molecule has 210 valence electrons. The van der Waals surface area contributed by atoms with E-state index in [9.17, 15) is 9.90 Å².